The van der Waals surface area contributed by atoms with Gasteiger partial charge in [-0.2, -0.15) is 0 Å². The van der Waals surface area contributed by atoms with Gasteiger partial charge in [-0.3, -0.25) is 4.79 Å². The van der Waals surface area contributed by atoms with Crippen molar-refractivity contribution in [1.82, 2.24) is 5.32 Å². The fraction of sp³-hybridized carbons (Fsp3) is 0.190. The fourth-order valence-electron chi connectivity index (χ4n) is 2.82. The summed E-state index contributed by atoms with van der Waals surface area (Å²) in [6.07, 6.45) is 2.69. The van der Waals surface area contributed by atoms with Gasteiger partial charge in [0.15, 0.2) is 15.6 Å². The van der Waals surface area contributed by atoms with E-state index in [1.807, 2.05) is 30.5 Å². The first-order valence-corrected chi connectivity index (χ1v) is 12.6. The lowest BCUT2D eigenvalue weighted by atomic mass is 10.1. The number of nitrogens with one attached hydrogen (secondary N) is 1. The summed E-state index contributed by atoms with van der Waals surface area (Å²) >= 11 is 13.7. The van der Waals surface area contributed by atoms with Gasteiger partial charge in [0.05, 0.1) is 10.0 Å². The average Bonchev–Trinajstić information content (AvgIpc) is 3.16. The number of benzene rings is 2. The first kappa shape index (κ1) is 22.7. The molecule has 3 rings (SSSR count). The van der Waals surface area contributed by atoms with Crippen LogP contribution in [0.2, 0.25) is 10.0 Å². The quantitative estimate of drug-likeness (QED) is 0.442. The third-order valence-electron chi connectivity index (χ3n) is 4.31. The molecule has 0 saturated carbocycles. The van der Waals surface area contributed by atoms with Gasteiger partial charge in [0.1, 0.15) is 16.4 Å². The molecule has 2 aromatic carbocycles. The lowest BCUT2D eigenvalue weighted by Gasteiger charge is -2.07. The van der Waals surface area contributed by atoms with Crippen LogP contribution in [0.3, 0.4) is 0 Å². The normalized spacial score (nSPS) is 11.4. The van der Waals surface area contributed by atoms with Gasteiger partial charge in [-0.25, -0.2) is 8.42 Å². The molecule has 0 aliphatic carbocycles. The highest BCUT2D eigenvalue weighted by molar-refractivity contribution is 7.98. The largest absolute Gasteiger partial charge is 0.455 e. The van der Waals surface area contributed by atoms with Gasteiger partial charge in [0, 0.05) is 11.4 Å². The smallest absolute Gasteiger partial charge is 0.287 e. The van der Waals surface area contributed by atoms with Crippen molar-refractivity contribution >= 4 is 50.7 Å². The highest BCUT2D eigenvalue weighted by Gasteiger charge is 2.24. The van der Waals surface area contributed by atoms with Crippen molar-refractivity contribution in [3.8, 4) is 0 Å². The molecule has 0 spiro atoms. The molecule has 3 aromatic rings. The van der Waals surface area contributed by atoms with Crippen molar-refractivity contribution < 1.29 is 17.6 Å². The molecular formula is C21H19Cl2NO4S2. The lowest BCUT2D eigenvalue weighted by Crippen LogP contribution is -2.25. The minimum Gasteiger partial charge on any atom is -0.455 e. The van der Waals surface area contributed by atoms with E-state index in [0.717, 1.165) is 5.56 Å². The maximum Gasteiger partial charge on any atom is 0.287 e. The Labute approximate surface area is 189 Å². The number of hydrogen-bond donors (Lipinski definition) is 1. The lowest BCUT2D eigenvalue weighted by molar-refractivity contribution is 0.0925. The summed E-state index contributed by atoms with van der Waals surface area (Å²) < 4.78 is 30.8. The summed E-state index contributed by atoms with van der Waals surface area (Å²) in [4.78, 5) is 13.3. The molecule has 0 fully saturated rings. The molecule has 1 N–H and O–H groups in total. The third-order valence-corrected chi connectivity index (χ3v) is 7.63. The summed E-state index contributed by atoms with van der Waals surface area (Å²) in [6.45, 7) is 0.432. The van der Waals surface area contributed by atoms with Gasteiger partial charge in [-0.05, 0) is 54.6 Å². The van der Waals surface area contributed by atoms with E-state index in [4.69, 9.17) is 27.6 Å². The Morgan fingerprint density at radius 3 is 2.33 bits per heavy atom. The molecule has 5 nitrogen and oxygen atoms in total. The number of carbonyl (C=O) groups is 1. The summed E-state index contributed by atoms with van der Waals surface area (Å²) in [5.41, 5.74) is 1.11. The van der Waals surface area contributed by atoms with Crippen LogP contribution in [0.4, 0.5) is 0 Å². The van der Waals surface area contributed by atoms with E-state index in [2.05, 4.69) is 5.32 Å². The Hall–Kier alpha value is -1.93. The molecule has 0 aliphatic heterocycles. The van der Waals surface area contributed by atoms with E-state index in [1.54, 1.807) is 17.8 Å². The molecule has 0 bridgehead atoms. The monoisotopic (exact) mass is 483 g/mol. The summed E-state index contributed by atoms with van der Waals surface area (Å²) in [6, 6.07) is 15.5. The maximum absolute atomic E-state index is 12.7. The molecule has 0 atom stereocenters. The number of thioether (sulfide) groups is 1. The van der Waals surface area contributed by atoms with Crippen LogP contribution < -0.4 is 5.32 Å². The predicted molar refractivity (Wildman–Crippen MR) is 120 cm³/mol. The van der Waals surface area contributed by atoms with Gasteiger partial charge in [-0.1, -0.05) is 41.4 Å². The van der Waals surface area contributed by atoms with Gasteiger partial charge in [-0.15, -0.1) is 11.8 Å². The van der Waals surface area contributed by atoms with Gasteiger partial charge < -0.3 is 9.73 Å². The number of rotatable bonds is 8. The van der Waals surface area contributed by atoms with E-state index in [-0.39, 0.29) is 26.5 Å². The number of hydrogen-bond acceptors (Lipinski definition) is 5. The van der Waals surface area contributed by atoms with Crippen molar-refractivity contribution in [3.05, 3.63) is 81.7 Å². The van der Waals surface area contributed by atoms with Crippen molar-refractivity contribution in [3.63, 3.8) is 0 Å². The molecule has 0 unspecified atom stereocenters. The van der Waals surface area contributed by atoms with Crippen LogP contribution in [-0.4, -0.2) is 27.1 Å². The van der Waals surface area contributed by atoms with Crippen LogP contribution in [0.5, 0.6) is 0 Å². The number of sulfone groups is 1. The zero-order valence-electron chi connectivity index (χ0n) is 16.0. The Balaban J connectivity index is 1.60. The average molecular weight is 484 g/mol. The van der Waals surface area contributed by atoms with Gasteiger partial charge in [0.25, 0.3) is 5.91 Å². The molecule has 0 aliphatic rings. The highest BCUT2D eigenvalue weighted by Crippen LogP contribution is 2.31. The van der Waals surface area contributed by atoms with Crippen LogP contribution in [0, 0.1) is 0 Å². The summed E-state index contributed by atoms with van der Waals surface area (Å²) in [5, 5.41) is 2.85. The molecule has 1 aromatic heterocycles. The van der Waals surface area contributed by atoms with Crippen LogP contribution in [0.15, 0.2) is 68.8 Å². The zero-order valence-corrected chi connectivity index (χ0v) is 19.2. The van der Waals surface area contributed by atoms with Crippen LogP contribution >= 0.6 is 35.0 Å². The summed E-state index contributed by atoms with van der Waals surface area (Å²) in [7, 11) is -3.84. The van der Waals surface area contributed by atoms with E-state index in [1.165, 1.54) is 29.2 Å². The molecular weight excluding hydrogens is 465 g/mol. The number of amides is 1. The Morgan fingerprint density at radius 2 is 1.70 bits per heavy atom. The fourth-order valence-corrected chi connectivity index (χ4v) is 5.73. The Kier molecular flexibility index (Phi) is 7.52. The first-order valence-electron chi connectivity index (χ1n) is 8.97. The first-order chi connectivity index (χ1) is 14.3. The number of halogens is 2. The van der Waals surface area contributed by atoms with Crippen molar-refractivity contribution in [2.75, 3.05) is 12.8 Å². The van der Waals surface area contributed by atoms with Gasteiger partial charge in [0.2, 0.25) is 0 Å². The topological polar surface area (TPSA) is 76.4 Å². The highest BCUT2D eigenvalue weighted by atomic mass is 35.5. The molecule has 0 radical (unpaired) electrons. The Morgan fingerprint density at radius 1 is 1.03 bits per heavy atom. The van der Waals surface area contributed by atoms with E-state index in [9.17, 15) is 13.2 Å². The van der Waals surface area contributed by atoms with Crippen LogP contribution in [0.1, 0.15) is 21.9 Å². The maximum atomic E-state index is 12.7. The summed E-state index contributed by atoms with van der Waals surface area (Å²) in [5.74, 6) is -0.687. The standard InChI is InChI=1S/C21H19Cl2NO4S2/c1-29-16-8-5-14(6-9-16)11-12-24-21(25)19-10-7-15(28-19)13-30(26,27)20-17(22)3-2-4-18(20)23/h2-10H,11-13H2,1H3,(H,24,25). The van der Waals surface area contributed by atoms with Crippen molar-refractivity contribution in [1.29, 1.82) is 0 Å². The van der Waals surface area contributed by atoms with Crippen molar-refractivity contribution in [2.45, 2.75) is 22.0 Å². The van der Waals surface area contributed by atoms with E-state index in [0.29, 0.717) is 13.0 Å². The molecule has 30 heavy (non-hydrogen) atoms. The molecule has 158 valence electrons. The Bertz CT molecular complexity index is 1120. The zero-order chi connectivity index (χ0) is 21.7. The molecule has 1 heterocycles. The van der Waals surface area contributed by atoms with Crippen LogP contribution in [0.25, 0.3) is 0 Å². The minimum absolute atomic E-state index is 0.0394. The van der Waals surface area contributed by atoms with Crippen LogP contribution in [-0.2, 0) is 22.0 Å². The number of carbonyl (C=O) groups excluding carboxylic acids is 1. The molecule has 0 saturated heterocycles. The SMILES string of the molecule is CSc1ccc(CCNC(=O)c2ccc(CS(=O)(=O)c3c(Cl)cccc3Cl)o2)cc1. The molecule has 9 heteroatoms. The van der Waals surface area contributed by atoms with E-state index >= 15 is 0 Å². The van der Waals surface area contributed by atoms with Gasteiger partial charge >= 0.3 is 0 Å². The second-order valence-electron chi connectivity index (χ2n) is 6.43. The number of furan rings is 1. The van der Waals surface area contributed by atoms with E-state index < -0.39 is 21.5 Å². The minimum atomic E-state index is -3.84. The predicted octanol–water partition coefficient (Wildman–Crippen LogP) is 5.25. The third kappa shape index (κ3) is 5.60. The van der Waals surface area contributed by atoms with Crippen molar-refractivity contribution in [2.24, 2.45) is 0 Å². The molecule has 1 amide bonds. The second-order valence-corrected chi connectivity index (χ2v) is 10.1. The second kappa shape index (κ2) is 9.92.